The predicted molar refractivity (Wildman–Crippen MR) is 57.4 cm³/mol. The van der Waals surface area contributed by atoms with Gasteiger partial charge in [0.1, 0.15) is 0 Å². The topological polar surface area (TPSA) is 69.4 Å². The monoisotopic (exact) mass is 223 g/mol. The fraction of sp³-hybridized carbons (Fsp3) is 0.364. The van der Waals surface area contributed by atoms with Crippen LogP contribution in [0.4, 0.5) is 0 Å². The SMILES string of the molecule is CC(=O)OC(c1ccccc1)C(C)[N+](=O)[O-]. The molecular formula is C11H13NO4. The summed E-state index contributed by atoms with van der Waals surface area (Å²) in [5.41, 5.74) is 0.627. The van der Waals surface area contributed by atoms with Crippen LogP contribution in [0.3, 0.4) is 0 Å². The van der Waals surface area contributed by atoms with Crippen LogP contribution in [0.25, 0.3) is 0 Å². The third kappa shape index (κ3) is 3.05. The number of benzene rings is 1. The second-order valence-electron chi connectivity index (χ2n) is 3.47. The van der Waals surface area contributed by atoms with E-state index in [1.165, 1.54) is 13.8 Å². The third-order valence-corrected chi connectivity index (χ3v) is 2.19. The van der Waals surface area contributed by atoms with Crippen LogP contribution in [-0.2, 0) is 9.53 Å². The number of hydrogen-bond acceptors (Lipinski definition) is 4. The lowest BCUT2D eigenvalue weighted by atomic mass is 10.0. The minimum absolute atomic E-state index is 0.458. The van der Waals surface area contributed by atoms with Gasteiger partial charge in [0, 0.05) is 18.8 Å². The zero-order valence-corrected chi connectivity index (χ0v) is 9.12. The van der Waals surface area contributed by atoms with Crippen LogP contribution in [0.1, 0.15) is 25.5 Å². The second kappa shape index (κ2) is 5.25. The van der Waals surface area contributed by atoms with Gasteiger partial charge in [-0.1, -0.05) is 30.3 Å². The van der Waals surface area contributed by atoms with Crippen LogP contribution in [0, 0.1) is 10.1 Å². The van der Waals surface area contributed by atoms with E-state index in [1.54, 1.807) is 30.3 Å². The van der Waals surface area contributed by atoms with E-state index in [-0.39, 0.29) is 0 Å². The van der Waals surface area contributed by atoms with Crippen molar-refractivity contribution < 1.29 is 14.5 Å². The molecule has 0 spiro atoms. The van der Waals surface area contributed by atoms with Crippen molar-refractivity contribution in [3.8, 4) is 0 Å². The summed E-state index contributed by atoms with van der Waals surface area (Å²) in [5, 5.41) is 10.7. The van der Waals surface area contributed by atoms with Gasteiger partial charge in [0.2, 0.25) is 0 Å². The quantitative estimate of drug-likeness (QED) is 0.444. The highest BCUT2D eigenvalue weighted by atomic mass is 16.6. The zero-order valence-electron chi connectivity index (χ0n) is 9.12. The molecule has 0 aliphatic rings. The normalized spacial score (nSPS) is 13.9. The first-order valence-corrected chi connectivity index (χ1v) is 4.88. The summed E-state index contributed by atoms with van der Waals surface area (Å²) in [7, 11) is 0. The Balaban J connectivity index is 2.96. The molecule has 2 unspecified atom stereocenters. The van der Waals surface area contributed by atoms with Crippen molar-refractivity contribution in [3.63, 3.8) is 0 Å². The summed E-state index contributed by atoms with van der Waals surface area (Å²) in [5.74, 6) is -0.525. The molecule has 0 bridgehead atoms. The molecule has 2 atom stereocenters. The van der Waals surface area contributed by atoms with Crippen LogP contribution in [0.5, 0.6) is 0 Å². The molecule has 1 aromatic rings. The van der Waals surface area contributed by atoms with Crippen LogP contribution in [0.2, 0.25) is 0 Å². The van der Waals surface area contributed by atoms with Crippen molar-refractivity contribution in [1.29, 1.82) is 0 Å². The molecule has 0 N–H and O–H groups in total. The van der Waals surface area contributed by atoms with E-state index in [0.717, 1.165) is 0 Å². The number of carbonyl (C=O) groups is 1. The largest absolute Gasteiger partial charge is 0.450 e. The number of rotatable bonds is 4. The fourth-order valence-corrected chi connectivity index (χ4v) is 1.38. The number of carbonyl (C=O) groups excluding carboxylic acids is 1. The summed E-state index contributed by atoms with van der Waals surface area (Å²) < 4.78 is 4.98. The average molecular weight is 223 g/mol. The van der Waals surface area contributed by atoms with E-state index in [1.807, 2.05) is 0 Å². The number of esters is 1. The second-order valence-corrected chi connectivity index (χ2v) is 3.47. The van der Waals surface area contributed by atoms with E-state index in [4.69, 9.17) is 4.74 Å². The number of hydrogen-bond donors (Lipinski definition) is 0. The summed E-state index contributed by atoms with van der Waals surface area (Å²) >= 11 is 0. The van der Waals surface area contributed by atoms with Gasteiger partial charge in [-0.3, -0.25) is 14.9 Å². The Hall–Kier alpha value is -1.91. The Morgan fingerprint density at radius 1 is 1.38 bits per heavy atom. The Kier molecular flexibility index (Phi) is 3.99. The summed E-state index contributed by atoms with van der Waals surface area (Å²) in [6.45, 7) is 2.66. The standard InChI is InChI=1S/C11H13NO4/c1-8(12(14)15)11(16-9(2)13)10-6-4-3-5-7-10/h3-8,11H,1-2H3. The first-order valence-electron chi connectivity index (χ1n) is 4.88. The van der Waals surface area contributed by atoms with Crippen molar-refractivity contribution in [3.05, 3.63) is 46.0 Å². The lowest BCUT2D eigenvalue weighted by Crippen LogP contribution is -2.27. The lowest BCUT2D eigenvalue weighted by Gasteiger charge is -2.18. The van der Waals surface area contributed by atoms with E-state index in [2.05, 4.69) is 0 Å². The molecule has 5 nitrogen and oxygen atoms in total. The van der Waals surface area contributed by atoms with Crippen LogP contribution in [-0.4, -0.2) is 16.9 Å². The smallest absolute Gasteiger partial charge is 0.303 e. The molecule has 0 saturated carbocycles. The van der Waals surface area contributed by atoms with Gasteiger partial charge < -0.3 is 4.74 Å². The molecule has 0 saturated heterocycles. The average Bonchev–Trinajstić information content (AvgIpc) is 2.26. The van der Waals surface area contributed by atoms with Gasteiger partial charge in [0.15, 0.2) is 6.10 Å². The van der Waals surface area contributed by atoms with Gasteiger partial charge in [0.25, 0.3) is 6.04 Å². The van der Waals surface area contributed by atoms with Gasteiger partial charge in [-0.05, 0) is 5.56 Å². The van der Waals surface area contributed by atoms with Crippen molar-refractivity contribution in [2.75, 3.05) is 0 Å². The van der Waals surface area contributed by atoms with E-state index >= 15 is 0 Å². The van der Waals surface area contributed by atoms with Crippen molar-refractivity contribution >= 4 is 5.97 Å². The highest BCUT2D eigenvalue weighted by Gasteiger charge is 2.30. The minimum Gasteiger partial charge on any atom is -0.450 e. The van der Waals surface area contributed by atoms with Gasteiger partial charge >= 0.3 is 5.97 Å². The van der Waals surface area contributed by atoms with Crippen LogP contribution >= 0.6 is 0 Å². The van der Waals surface area contributed by atoms with E-state index in [0.29, 0.717) is 5.56 Å². The molecule has 0 amide bonds. The van der Waals surface area contributed by atoms with E-state index in [9.17, 15) is 14.9 Å². The third-order valence-electron chi connectivity index (χ3n) is 2.19. The first kappa shape index (κ1) is 12.2. The maximum Gasteiger partial charge on any atom is 0.303 e. The Bertz CT molecular complexity index is 377. The zero-order chi connectivity index (χ0) is 12.1. The molecular weight excluding hydrogens is 210 g/mol. The Morgan fingerprint density at radius 2 is 1.94 bits per heavy atom. The number of ether oxygens (including phenoxy) is 1. The molecule has 0 aliphatic carbocycles. The van der Waals surface area contributed by atoms with Crippen molar-refractivity contribution in [2.24, 2.45) is 0 Å². The maximum absolute atomic E-state index is 10.9. The summed E-state index contributed by atoms with van der Waals surface area (Å²) in [6, 6.07) is 7.73. The molecule has 16 heavy (non-hydrogen) atoms. The molecule has 86 valence electrons. The molecule has 1 rings (SSSR count). The van der Waals surface area contributed by atoms with Crippen LogP contribution < -0.4 is 0 Å². The molecule has 0 radical (unpaired) electrons. The maximum atomic E-state index is 10.9. The number of nitro groups is 1. The van der Waals surface area contributed by atoms with Crippen LogP contribution in [0.15, 0.2) is 30.3 Å². The van der Waals surface area contributed by atoms with E-state index < -0.39 is 23.0 Å². The van der Waals surface area contributed by atoms with Crippen molar-refractivity contribution in [1.82, 2.24) is 0 Å². The summed E-state index contributed by atoms with van der Waals surface area (Å²) in [6.07, 6.45) is -0.839. The molecule has 0 aromatic heterocycles. The number of nitrogens with zero attached hydrogens (tertiary/aromatic N) is 1. The molecule has 0 heterocycles. The summed E-state index contributed by atoms with van der Waals surface area (Å²) in [4.78, 5) is 21.2. The Morgan fingerprint density at radius 3 is 2.38 bits per heavy atom. The lowest BCUT2D eigenvalue weighted by molar-refractivity contribution is -0.530. The molecule has 0 fully saturated rings. The molecule has 1 aromatic carbocycles. The highest BCUT2D eigenvalue weighted by Crippen LogP contribution is 2.22. The fourth-order valence-electron chi connectivity index (χ4n) is 1.38. The predicted octanol–water partition coefficient (Wildman–Crippen LogP) is 1.96. The minimum atomic E-state index is -0.966. The van der Waals surface area contributed by atoms with Gasteiger partial charge in [-0.25, -0.2) is 0 Å². The van der Waals surface area contributed by atoms with Gasteiger partial charge in [-0.15, -0.1) is 0 Å². The Labute approximate surface area is 93.2 Å². The van der Waals surface area contributed by atoms with Gasteiger partial charge in [0.05, 0.1) is 0 Å². The van der Waals surface area contributed by atoms with Gasteiger partial charge in [-0.2, -0.15) is 0 Å². The van der Waals surface area contributed by atoms with Crippen molar-refractivity contribution in [2.45, 2.75) is 26.0 Å². The molecule has 5 heteroatoms. The highest BCUT2D eigenvalue weighted by molar-refractivity contribution is 5.66. The first-order chi connectivity index (χ1) is 7.52. The molecule has 0 aliphatic heterocycles.